The van der Waals surface area contributed by atoms with E-state index in [0.717, 1.165) is 6.07 Å². The molecule has 4 aromatic rings. The third-order valence-corrected chi connectivity index (χ3v) is 12.0. The molecule has 0 bridgehead atoms. The predicted octanol–water partition coefficient (Wildman–Crippen LogP) is 5.85. The number of aromatic hydroxyl groups is 2. The van der Waals surface area contributed by atoms with Crippen molar-refractivity contribution in [2.45, 2.75) is 128 Å². The van der Waals surface area contributed by atoms with E-state index < -0.39 is 95.5 Å². The van der Waals surface area contributed by atoms with Crippen molar-refractivity contribution in [1.82, 2.24) is 0 Å². The minimum atomic E-state index is -1.03. The molecule has 8 rings (SSSR count). The number of aryl methyl sites for hydroxylation is 2. The number of hydrogen-bond acceptors (Lipinski definition) is 19. The fraction of sp³-hybridized carbons (Fsp3) is 0.512. The summed E-state index contributed by atoms with van der Waals surface area (Å²) in [5, 5.41) is 21.1. The molecule has 2 aromatic carbocycles. The molecule has 0 aliphatic carbocycles. The first-order valence-corrected chi connectivity index (χ1v) is 20.0. The molecule has 62 heavy (non-hydrogen) atoms. The quantitative estimate of drug-likeness (QED) is 0.108. The maximum atomic E-state index is 12.4. The summed E-state index contributed by atoms with van der Waals surface area (Å²) in [7, 11) is 3.03. The lowest BCUT2D eigenvalue weighted by Gasteiger charge is -2.46. The topological polar surface area (TPSA) is 244 Å². The van der Waals surface area contributed by atoms with Gasteiger partial charge < -0.3 is 66.4 Å². The molecular formula is C43H48O19. The van der Waals surface area contributed by atoms with E-state index in [1.54, 1.807) is 39.0 Å². The predicted molar refractivity (Wildman–Crippen MR) is 213 cm³/mol. The van der Waals surface area contributed by atoms with Gasteiger partial charge in [-0.05, 0) is 64.8 Å². The van der Waals surface area contributed by atoms with Crippen LogP contribution in [0.15, 0.2) is 48.8 Å². The number of ketones is 1. The van der Waals surface area contributed by atoms with Gasteiger partial charge in [-0.25, -0.2) is 19.2 Å². The van der Waals surface area contributed by atoms with Crippen molar-refractivity contribution >= 4 is 40.0 Å². The Morgan fingerprint density at radius 1 is 0.677 bits per heavy atom. The second kappa shape index (κ2) is 16.8. The van der Waals surface area contributed by atoms with Crippen LogP contribution in [0.5, 0.6) is 23.0 Å². The van der Waals surface area contributed by atoms with Gasteiger partial charge in [0.25, 0.3) is 0 Å². The number of ether oxygens (including phenoxy) is 10. The van der Waals surface area contributed by atoms with Crippen LogP contribution in [0.2, 0.25) is 0 Å². The number of methoxy groups -OCH3 is 2. The fourth-order valence-corrected chi connectivity index (χ4v) is 8.29. The number of benzene rings is 2. The summed E-state index contributed by atoms with van der Waals surface area (Å²) in [4.78, 5) is 59.8. The number of Topliss-reactive ketones (excluding diaryl/α,β-unsaturated/α-hetero) is 1. The molecule has 4 saturated heterocycles. The Morgan fingerprint density at radius 3 is 1.58 bits per heavy atom. The van der Waals surface area contributed by atoms with Crippen LogP contribution in [-0.4, -0.2) is 103 Å². The largest absolute Gasteiger partial charge is 0.509 e. The van der Waals surface area contributed by atoms with Crippen LogP contribution in [0.4, 0.5) is 9.59 Å². The zero-order valence-electron chi connectivity index (χ0n) is 35.5. The van der Waals surface area contributed by atoms with E-state index >= 15 is 0 Å². The molecule has 2 aromatic heterocycles. The van der Waals surface area contributed by atoms with Gasteiger partial charge in [-0.1, -0.05) is 20.8 Å². The zero-order valence-corrected chi connectivity index (χ0v) is 35.5. The lowest BCUT2D eigenvalue weighted by atomic mass is 9.86. The van der Waals surface area contributed by atoms with Gasteiger partial charge in [0.1, 0.15) is 51.9 Å². The van der Waals surface area contributed by atoms with Gasteiger partial charge in [-0.2, -0.15) is 0 Å². The molecular weight excluding hydrogens is 820 g/mol. The number of hydrogen-bond donors (Lipinski definition) is 2. The monoisotopic (exact) mass is 868 g/mol. The summed E-state index contributed by atoms with van der Waals surface area (Å²) in [5.41, 5.74) is -2.44. The van der Waals surface area contributed by atoms with E-state index in [2.05, 4.69) is 0 Å². The van der Waals surface area contributed by atoms with Gasteiger partial charge in [-0.15, -0.1) is 0 Å². The Bertz CT molecular complexity index is 2530. The molecule has 10 atom stereocenters. The van der Waals surface area contributed by atoms with Crippen LogP contribution in [0.25, 0.3) is 21.9 Å². The van der Waals surface area contributed by atoms with Gasteiger partial charge in [0.15, 0.2) is 18.0 Å². The average molecular weight is 869 g/mol. The number of carbonyl (C=O) groups excluding carboxylic acids is 3. The van der Waals surface area contributed by atoms with Crippen LogP contribution in [-0.2, 0) is 37.9 Å². The molecule has 4 aliphatic rings. The van der Waals surface area contributed by atoms with Gasteiger partial charge in [0.2, 0.25) is 24.8 Å². The second-order valence-corrected chi connectivity index (χ2v) is 15.7. The van der Waals surface area contributed by atoms with E-state index in [9.17, 15) is 34.2 Å². The Balaban J connectivity index is 0.000000188. The molecule has 4 fully saturated rings. The molecule has 4 aliphatic heterocycles. The van der Waals surface area contributed by atoms with Crippen molar-refractivity contribution < 1.29 is 80.8 Å². The third-order valence-electron chi connectivity index (χ3n) is 12.0. The summed E-state index contributed by atoms with van der Waals surface area (Å²) in [6.07, 6.45) is -6.75. The van der Waals surface area contributed by atoms with E-state index in [1.165, 1.54) is 20.3 Å². The van der Waals surface area contributed by atoms with Gasteiger partial charge in [0, 0.05) is 31.8 Å². The normalized spacial score (nSPS) is 30.0. The highest BCUT2D eigenvalue weighted by Crippen LogP contribution is 2.43. The van der Waals surface area contributed by atoms with Crippen LogP contribution in [0.3, 0.4) is 0 Å². The number of carbonyl (C=O) groups is 3. The molecule has 2 N–H and O–H groups in total. The van der Waals surface area contributed by atoms with Crippen molar-refractivity contribution in [2.24, 2.45) is 0 Å². The molecule has 2 unspecified atom stereocenters. The first kappa shape index (κ1) is 44.2. The Hall–Kier alpha value is -5.89. The summed E-state index contributed by atoms with van der Waals surface area (Å²) in [6.45, 7) is 12.4. The molecule has 0 spiro atoms. The molecule has 0 amide bonds. The van der Waals surface area contributed by atoms with Crippen LogP contribution in [0.1, 0.15) is 75.4 Å². The molecule has 0 saturated carbocycles. The number of fused-ring (bicyclic) bond motifs is 4. The summed E-state index contributed by atoms with van der Waals surface area (Å²) in [5.74, 6) is -0.499. The standard InChI is InChI=1S/C23H26O10.C20H22O9/c1-6-12(24)14-15(25)11-8-9-13(10(3)16(11)30-20(14)26)29-21-18-17(31-22(27)32-18)19(28-5)23(4,7-2)33-21;1-5-20(3)17(24-4)15-16(28-19(23)27-15)18(29-20)25-12-7-6-10-11(21)8-13(22)26-14(10)9(12)2/h8-9,17-19,21,25H,6-7H2,1-5H3;6-8,15-18,21H,5H2,1-4H3/t17-,18+,19+,21?,23-;15-,16+,17+,18?,20-/m00/s1. The van der Waals surface area contributed by atoms with Gasteiger partial charge in [-0.3, -0.25) is 4.79 Å². The first-order chi connectivity index (χ1) is 29.4. The van der Waals surface area contributed by atoms with Crippen LogP contribution < -0.4 is 20.7 Å². The van der Waals surface area contributed by atoms with Crippen molar-refractivity contribution in [2.75, 3.05) is 14.2 Å². The SMILES string of the molecule is CCC(=O)c1c(O)c2ccc(OC3O[C@@](C)(CC)[C@H](OC)[C@H]4OC(=O)O[C@@H]34)c(C)c2oc1=O.CC[C@]1(C)OC(Oc2ccc3c(O)cc(=O)oc3c2C)[C@@H]2OC(=O)O[C@@H]2[C@H]1OC. The highest BCUT2D eigenvalue weighted by atomic mass is 16.8. The summed E-state index contributed by atoms with van der Waals surface area (Å²) < 4.78 is 67.4. The van der Waals surface area contributed by atoms with Crippen LogP contribution in [0, 0.1) is 13.8 Å². The minimum Gasteiger partial charge on any atom is -0.507 e. The molecule has 19 heteroatoms. The Kier molecular flexibility index (Phi) is 11.9. The summed E-state index contributed by atoms with van der Waals surface area (Å²) >= 11 is 0. The first-order valence-electron chi connectivity index (χ1n) is 20.0. The zero-order chi connectivity index (χ0) is 45.0. The molecule has 334 valence electrons. The van der Waals surface area contributed by atoms with Gasteiger partial charge >= 0.3 is 23.6 Å². The molecule has 6 heterocycles. The Labute approximate surface area is 353 Å². The van der Waals surface area contributed by atoms with Gasteiger partial charge in [0.05, 0.1) is 28.0 Å². The van der Waals surface area contributed by atoms with E-state index in [0.29, 0.717) is 35.1 Å². The van der Waals surface area contributed by atoms with E-state index in [-0.39, 0.29) is 40.0 Å². The molecule has 19 nitrogen and oxygen atoms in total. The van der Waals surface area contributed by atoms with Crippen molar-refractivity contribution in [3.8, 4) is 23.0 Å². The summed E-state index contributed by atoms with van der Waals surface area (Å²) in [6, 6.07) is 7.24. The Morgan fingerprint density at radius 2 is 1.13 bits per heavy atom. The lowest BCUT2D eigenvalue weighted by molar-refractivity contribution is -0.289. The highest BCUT2D eigenvalue weighted by molar-refractivity contribution is 6.03. The van der Waals surface area contributed by atoms with Crippen molar-refractivity contribution in [3.05, 3.63) is 67.9 Å². The lowest BCUT2D eigenvalue weighted by Crippen LogP contribution is -2.63. The van der Waals surface area contributed by atoms with Crippen molar-refractivity contribution in [1.29, 1.82) is 0 Å². The highest BCUT2D eigenvalue weighted by Gasteiger charge is 2.61. The minimum absolute atomic E-state index is 0.0467. The fourth-order valence-electron chi connectivity index (χ4n) is 8.29. The second-order valence-electron chi connectivity index (χ2n) is 15.7. The number of rotatable bonds is 10. The maximum absolute atomic E-state index is 12.4. The van der Waals surface area contributed by atoms with E-state index in [4.69, 9.17) is 56.2 Å². The van der Waals surface area contributed by atoms with Crippen LogP contribution >= 0.6 is 0 Å². The average Bonchev–Trinajstić information content (AvgIpc) is 3.82. The maximum Gasteiger partial charge on any atom is 0.509 e. The van der Waals surface area contributed by atoms with Crippen molar-refractivity contribution in [3.63, 3.8) is 0 Å². The molecule has 0 radical (unpaired) electrons. The third kappa shape index (κ3) is 7.56. The smallest absolute Gasteiger partial charge is 0.507 e. The van der Waals surface area contributed by atoms with E-state index in [1.807, 2.05) is 27.7 Å².